The number of nitrogens with zero attached hydrogens (tertiary/aromatic N) is 4. The Balaban J connectivity index is 1.03. The van der Waals surface area contributed by atoms with Crippen LogP contribution in [0.3, 0.4) is 0 Å². The maximum atomic E-state index is 6.48. The third-order valence-electron chi connectivity index (χ3n) is 7.76. The van der Waals surface area contributed by atoms with E-state index in [0.29, 0.717) is 12.0 Å². The number of ether oxygens (including phenoxy) is 1. The van der Waals surface area contributed by atoms with E-state index >= 15 is 0 Å². The van der Waals surface area contributed by atoms with Crippen molar-refractivity contribution < 1.29 is 9.26 Å². The highest BCUT2D eigenvalue weighted by molar-refractivity contribution is 6.31. The molecule has 0 radical (unpaired) electrons. The minimum atomic E-state index is 0.563. The van der Waals surface area contributed by atoms with E-state index in [1.807, 2.05) is 24.3 Å². The molecule has 6 nitrogen and oxygen atoms in total. The van der Waals surface area contributed by atoms with Gasteiger partial charge in [0.25, 0.3) is 0 Å². The molecule has 2 aromatic carbocycles. The molecule has 180 valence electrons. The number of para-hydroxylation sites is 1. The van der Waals surface area contributed by atoms with Gasteiger partial charge in [-0.3, -0.25) is 9.80 Å². The molecule has 3 saturated heterocycles. The minimum absolute atomic E-state index is 0.563. The Morgan fingerprint density at radius 3 is 2.79 bits per heavy atom. The van der Waals surface area contributed by atoms with Crippen molar-refractivity contribution in [1.82, 2.24) is 15.0 Å². The number of fused-ring (bicyclic) bond motifs is 2. The first-order valence-corrected chi connectivity index (χ1v) is 13.1. The molecule has 0 spiro atoms. The number of aromatic nitrogens is 1. The molecule has 1 aromatic heterocycles. The van der Waals surface area contributed by atoms with Crippen LogP contribution in [0.2, 0.25) is 5.02 Å². The summed E-state index contributed by atoms with van der Waals surface area (Å²) in [7, 11) is 0. The third kappa shape index (κ3) is 4.64. The zero-order valence-corrected chi connectivity index (χ0v) is 20.4. The molecule has 3 aliphatic rings. The average Bonchev–Trinajstić information content (AvgIpc) is 3.54. The van der Waals surface area contributed by atoms with E-state index in [2.05, 4.69) is 38.1 Å². The number of likely N-dealkylation sites (tertiary alicyclic amines) is 1. The first-order valence-electron chi connectivity index (χ1n) is 12.7. The van der Waals surface area contributed by atoms with Crippen LogP contribution >= 0.6 is 11.6 Å². The van der Waals surface area contributed by atoms with Crippen molar-refractivity contribution in [3.63, 3.8) is 0 Å². The third-order valence-corrected chi connectivity index (χ3v) is 8.13. The molecule has 0 unspecified atom stereocenters. The van der Waals surface area contributed by atoms with E-state index in [4.69, 9.17) is 20.9 Å². The molecule has 7 heteroatoms. The normalized spacial score (nSPS) is 24.0. The Bertz CT molecular complexity index is 1130. The zero-order chi connectivity index (χ0) is 22.9. The minimum Gasteiger partial charge on any atom is -0.493 e. The summed E-state index contributed by atoms with van der Waals surface area (Å²) in [6, 6.07) is 14.9. The first kappa shape index (κ1) is 22.2. The van der Waals surface area contributed by atoms with Gasteiger partial charge in [0.1, 0.15) is 5.75 Å². The van der Waals surface area contributed by atoms with Crippen LogP contribution in [0.1, 0.15) is 31.2 Å². The largest absolute Gasteiger partial charge is 0.493 e. The topological polar surface area (TPSA) is 45.0 Å². The number of anilines is 1. The maximum absolute atomic E-state index is 6.48. The Hall–Kier alpha value is -2.28. The van der Waals surface area contributed by atoms with Gasteiger partial charge in [0.05, 0.1) is 12.0 Å². The highest BCUT2D eigenvalue weighted by atomic mass is 35.5. The fourth-order valence-corrected chi connectivity index (χ4v) is 6.02. The molecule has 3 fully saturated rings. The van der Waals surface area contributed by atoms with Crippen LogP contribution in [-0.4, -0.2) is 66.9 Å². The van der Waals surface area contributed by atoms with Crippen LogP contribution in [0.4, 0.5) is 5.82 Å². The molecule has 0 N–H and O–H groups in total. The van der Waals surface area contributed by atoms with Crippen LogP contribution in [0.15, 0.2) is 47.0 Å². The van der Waals surface area contributed by atoms with Crippen molar-refractivity contribution in [2.24, 2.45) is 5.92 Å². The molecule has 4 heterocycles. The quantitative estimate of drug-likeness (QED) is 0.491. The van der Waals surface area contributed by atoms with Gasteiger partial charge in [-0.05, 0) is 74.7 Å². The summed E-state index contributed by atoms with van der Waals surface area (Å²) < 4.78 is 11.8. The molecule has 2 atom stereocenters. The van der Waals surface area contributed by atoms with E-state index in [-0.39, 0.29) is 0 Å². The molecule has 3 aliphatic heterocycles. The Morgan fingerprint density at radius 2 is 1.88 bits per heavy atom. The van der Waals surface area contributed by atoms with Crippen molar-refractivity contribution in [3.05, 3.63) is 53.1 Å². The van der Waals surface area contributed by atoms with Gasteiger partial charge >= 0.3 is 0 Å². The van der Waals surface area contributed by atoms with Gasteiger partial charge in [0.15, 0.2) is 11.4 Å². The van der Waals surface area contributed by atoms with Crippen LogP contribution in [-0.2, 0) is 6.54 Å². The fraction of sp³-hybridized carbons (Fsp3) is 0.519. The van der Waals surface area contributed by atoms with E-state index in [0.717, 1.165) is 66.9 Å². The molecule has 0 bridgehead atoms. The molecule has 34 heavy (non-hydrogen) atoms. The zero-order valence-electron chi connectivity index (χ0n) is 19.7. The number of rotatable bonds is 6. The predicted octanol–water partition coefficient (Wildman–Crippen LogP) is 5.06. The lowest BCUT2D eigenvalue weighted by Gasteiger charge is -2.46. The van der Waals surface area contributed by atoms with Crippen molar-refractivity contribution in [2.75, 3.05) is 50.8 Å². The molecule has 0 saturated carbocycles. The predicted molar refractivity (Wildman–Crippen MR) is 136 cm³/mol. The van der Waals surface area contributed by atoms with Gasteiger partial charge in [-0.2, -0.15) is 0 Å². The molecule has 3 aromatic rings. The second-order valence-electron chi connectivity index (χ2n) is 10.1. The van der Waals surface area contributed by atoms with Gasteiger partial charge in [-0.25, -0.2) is 0 Å². The summed E-state index contributed by atoms with van der Waals surface area (Å²) in [6.07, 6.45) is 4.98. The van der Waals surface area contributed by atoms with Crippen LogP contribution in [0.25, 0.3) is 11.0 Å². The lowest BCUT2D eigenvalue weighted by Crippen LogP contribution is -2.57. The molecular formula is C27H33ClN4O2. The smallest absolute Gasteiger partial charge is 0.180 e. The van der Waals surface area contributed by atoms with Gasteiger partial charge in [0.2, 0.25) is 0 Å². The molecule has 6 rings (SSSR count). The monoisotopic (exact) mass is 480 g/mol. The second-order valence-corrected chi connectivity index (χ2v) is 10.5. The fourth-order valence-electron chi connectivity index (χ4n) is 5.84. The number of hydrogen-bond donors (Lipinski definition) is 0. The Labute approximate surface area is 206 Å². The lowest BCUT2D eigenvalue weighted by atomic mass is 9.91. The standard InChI is InChI=1S/C27H33ClN4O2/c28-25-10-9-23(15-21(25)17-30-11-3-4-12-30)33-19-20-7-8-22-18-32(14-13-31(22)16-20)27-24-5-1-2-6-26(24)34-29-27/h1-2,5-6,9-10,15,20,22H,3-4,7-8,11-14,16-19H2/t20-,22+/m1/s1. The van der Waals surface area contributed by atoms with Crippen LogP contribution in [0.5, 0.6) is 5.75 Å². The SMILES string of the molecule is Clc1ccc(OC[C@@H]2CC[C@H]3CN(c4noc5ccccc45)CCN3C2)cc1CN1CCCC1. The van der Waals surface area contributed by atoms with Crippen LogP contribution < -0.4 is 9.64 Å². The summed E-state index contributed by atoms with van der Waals surface area (Å²) in [5.41, 5.74) is 2.05. The van der Waals surface area contributed by atoms with Gasteiger partial charge in [0, 0.05) is 49.7 Å². The Kier molecular flexibility index (Phi) is 6.37. The number of halogens is 1. The Morgan fingerprint density at radius 1 is 1.00 bits per heavy atom. The first-order chi connectivity index (χ1) is 16.7. The lowest BCUT2D eigenvalue weighted by molar-refractivity contribution is 0.0726. The molecule has 0 aliphatic carbocycles. The molecule has 0 amide bonds. The van der Waals surface area contributed by atoms with Gasteiger partial charge in [-0.1, -0.05) is 28.9 Å². The van der Waals surface area contributed by atoms with Gasteiger partial charge in [-0.15, -0.1) is 0 Å². The highest BCUT2D eigenvalue weighted by Gasteiger charge is 2.34. The summed E-state index contributed by atoms with van der Waals surface area (Å²) in [5, 5.41) is 6.34. The van der Waals surface area contributed by atoms with Gasteiger partial charge < -0.3 is 14.2 Å². The van der Waals surface area contributed by atoms with Crippen molar-refractivity contribution in [1.29, 1.82) is 0 Å². The van der Waals surface area contributed by atoms with Crippen LogP contribution in [0, 0.1) is 5.92 Å². The number of hydrogen-bond acceptors (Lipinski definition) is 6. The van der Waals surface area contributed by atoms with Crippen molar-refractivity contribution in [2.45, 2.75) is 38.3 Å². The average molecular weight is 481 g/mol. The summed E-state index contributed by atoms with van der Waals surface area (Å²) in [6.45, 7) is 8.20. The highest BCUT2D eigenvalue weighted by Crippen LogP contribution is 2.32. The summed E-state index contributed by atoms with van der Waals surface area (Å²) in [4.78, 5) is 7.53. The molecular weight excluding hydrogens is 448 g/mol. The van der Waals surface area contributed by atoms with Crippen molar-refractivity contribution in [3.8, 4) is 5.75 Å². The number of benzene rings is 2. The number of piperidine rings is 1. The summed E-state index contributed by atoms with van der Waals surface area (Å²) >= 11 is 6.48. The van der Waals surface area contributed by atoms with E-state index in [1.165, 1.54) is 44.3 Å². The van der Waals surface area contributed by atoms with E-state index < -0.39 is 0 Å². The van der Waals surface area contributed by atoms with E-state index in [1.54, 1.807) is 0 Å². The van der Waals surface area contributed by atoms with Crippen molar-refractivity contribution >= 4 is 28.4 Å². The maximum Gasteiger partial charge on any atom is 0.180 e. The second kappa shape index (κ2) is 9.76. The number of piperazine rings is 1. The van der Waals surface area contributed by atoms with E-state index in [9.17, 15) is 0 Å². The summed E-state index contributed by atoms with van der Waals surface area (Å²) in [5.74, 6) is 2.50.